The van der Waals surface area contributed by atoms with Gasteiger partial charge in [0.25, 0.3) is 0 Å². The summed E-state index contributed by atoms with van der Waals surface area (Å²) in [5, 5.41) is 12.8. The minimum absolute atomic E-state index is 0.159. The van der Waals surface area contributed by atoms with Crippen LogP contribution in [0.1, 0.15) is 26.2 Å². The highest BCUT2D eigenvalue weighted by Gasteiger charge is 2.11. The first-order valence-corrected chi connectivity index (χ1v) is 5.09. The van der Waals surface area contributed by atoms with Crippen molar-refractivity contribution in [2.75, 3.05) is 20.1 Å². The zero-order valence-electron chi connectivity index (χ0n) is 8.95. The third-order valence-corrected chi connectivity index (χ3v) is 2.40. The molecule has 0 aromatic carbocycles. The van der Waals surface area contributed by atoms with Gasteiger partial charge in [0.1, 0.15) is 0 Å². The van der Waals surface area contributed by atoms with Crippen LogP contribution in [0.25, 0.3) is 0 Å². The number of likely N-dealkylation sites (tertiary alicyclic amines) is 1. The molecule has 0 radical (unpaired) electrons. The van der Waals surface area contributed by atoms with Crippen molar-refractivity contribution in [1.82, 2.24) is 10.3 Å². The highest BCUT2D eigenvalue weighted by Crippen LogP contribution is 2.04. The summed E-state index contributed by atoms with van der Waals surface area (Å²) in [6.45, 7) is 4.16. The van der Waals surface area contributed by atoms with Crippen molar-refractivity contribution in [3.8, 4) is 6.07 Å². The van der Waals surface area contributed by atoms with Crippen LogP contribution in [0, 0.1) is 11.3 Å². The lowest BCUT2D eigenvalue weighted by Crippen LogP contribution is -2.32. The van der Waals surface area contributed by atoms with Gasteiger partial charge < -0.3 is 10.3 Å². The standard InChI is InChI=1S/C10H18N4/c1-9(3-6-11)12-13-10-4-7-14(2)8-5-10/h9,12H,3-5,7-8H2,1-2H3/t9-/m0/s1. The monoisotopic (exact) mass is 194 g/mol. The van der Waals surface area contributed by atoms with Gasteiger partial charge in [-0.1, -0.05) is 0 Å². The summed E-state index contributed by atoms with van der Waals surface area (Å²) in [5.41, 5.74) is 4.24. The quantitative estimate of drug-likeness (QED) is 0.681. The van der Waals surface area contributed by atoms with Gasteiger partial charge in [0, 0.05) is 31.6 Å². The second-order valence-corrected chi connectivity index (χ2v) is 3.87. The van der Waals surface area contributed by atoms with Crippen molar-refractivity contribution in [2.45, 2.75) is 32.2 Å². The Morgan fingerprint density at radius 1 is 1.57 bits per heavy atom. The van der Waals surface area contributed by atoms with Gasteiger partial charge in [-0.25, -0.2) is 0 Å². The van der Waals surface area contributed by atoms with Gasteiger partial charge in [-0.15, -0.1) is 0 Å². The third-order valence-electron chi connectivity index (χ3n) is 2.40. The Bertz CT molecular complexity index is 231. The number of nitrogens with zero attached hydrogens (tertiary/aromatic N) is 3. The van der Waals surface area contributed by atoms with E-state index in [1.807, 2.05) is 6.92 Å². The number of hydrazone groups is 1. The average molecular weight is 194 g/mol. The Balaban J connectivity index is 2.28. The molecule has 78 valence electrons. The summed E-state index contributed by atoms with van der Waals surface area (Å²) in [6.07, 6.45) is 2.60. The molecule has 0 aromatic rings. The second kappa shape index (κ2) is 5.61. The average Bonchev–Trinajstić information content (AvgIpc) is 2.17. The predicted molar refractivity (Wildman–Crippen MR) is 57.0 cm³/mol. The zero-order valence-corrected chi connectivity index (χ0v) is 8.95. The highest BCUT2D eigenvalue weighted by atomic mass is 15.3. The smallest absolute Gasteiger partial charge is 0.0643 e. The van der Waals surface area contributed by atoms with Gasteiger partial charge in [-0.2, -0.15) is 10.4 Å². The molecule has 0 bridgehead atoms. The molecule has 4 heteroatoms. The first-order valence-electron chi connectivity index (χ1n) is 5.09. The molecule has 1 aliphatic heterocycles. The van der Waals surface area contributed by atoms with Gasteiger partial charge in [-0.05, 0) is 14.0 Å². The van der Waals surface area contributed by atoms with Crippen molar-refractivity contribution in [1.29, 1.82) is 5.26 Å². The Labute approximate surface area is 85.6 Å². The molecule has 14 heavy (non-hydrogen) atoms. The summed E-state index contributed by atoms with van der Waals surface area (Å²) >= 11 is 0. The van der Waals surface area contributed by atoms with Crippen molar-refractivity contribution < 1.29 is 0 Å². The molecular weight excluding hydrogens is 176 g/mol. The molecule has 1 heterocycles. The van der Waals surface area contributed by atoms with E-state index in [0.29, 0.717) is 6.42 Å². The lowest BCUT2D eigenvalue weighted by Gasteiger charge is -2.23. The molecule has 1 saturated heterocycles. The van der Waals surface area contributed by atoms with E-state index >= 15 is 0 Å². The topological polar surface area (TPSA) is 51.4 Å². The maximum atomic E-state index is 8.46. The number of nitriles is 1. The highest BCUT2D eigenvalue weighted by molar-refractivity contribution is 5.85. The summed E-state index contributed by atoms with van der Waals surface area (Å²) in [6, 6.07) is 2.28. The summed E-state index contributed by atoms with van der Waals surface area (Å²) < 4.78 is 0. The predicted octanol–water partition coefficient (Wildman–Crippen LogP) is 0.960. The first-order chi connectivity index (χ1) is 6.72. The lowest BCUT2D eigenvalue weighted by molar-refractivity contribution is 0.334. The largest absolute Gasteiger partial charge is 0.306 e. The molecule has 1 atom stereocenters. The van der Waals surface area contributed by atoms with E-state index in [1.54, 1.807) is 0 Å². The van der Waals surface area contributed by atoms with E-state index < -0.39 is 0 Å². The van der Waals surface area contributed by atoms with Crippen LogP contribution in [-0.2, 0) is 0 Å². The summed E-state index contributed by atoms with van der Waals surface area (Å²) in [4.78, 5) is 2.30. The summed E-state index contributed by atoms with van der Waals surface area (Å²) in [5.74, 6) is 0. The van der Waals surface area contributed by atoms with Crippen LogP contribution in [-0.4, -0.2) is 36.8 Å². The van der Waals surface area contributed by atoms with Gasteiger partial charge in [0.05, 0.1) is 18.5 Å². The lowest BCUT2D eigenvalue weighted by atomic mass is 10.1. The third kappa shape index (κ3) is 3.75. The fraction of sp³-hybridized carbons (Fsp3) is 0.800. The summed E-state index contributed by atoms with van der Waals surface area (Å²) in [7, 11) is 2.13. The normalized spacial score (nSPS) is 19.9. The number of piperidine rings is 1. The minimum atomic E-state index is 0.159. The molecule has 0 unspecified atom stereocenters. The molecule has 0 amide bonds. The van der Waals surface area contributed by atoms with E-state index in [0.717, 1.165) is 25.9 Å². The second-order valence-electron chi connectivity index (χ2n) is 3.87. The Morgan fingerprint density at radius 3 is 2.79 bits per heavy atom. The molecule has 1 fully saturated rings. The van der Waals surface area contributed by atoms with Crippen molar-refractivity contribution in [3.63, 3.8) is 0 Å². The van der Waals surface area contributed by atoms with Gasteiger partial charge >= 0.3 is 0 Å². The molecule has 4 nitrogen and oxygen atoms in total. The van der Waals surface area contributed by atoms with E-state index in [4.69, 9.17) is 5.26 Å². The van der Waals surface area contributed by atoms with Crippen LogP contribution < -0.4 is 5.43 Å². The van der Waals surface area contributed by atoms with E-state index in [-0.39, 0.29) is 6.04 Å². The number of nitrogens with one attached hydrogen (secondary N) is 1. The van der Waals surface area contributed by atoms with Crippen molar-refractivity contribution >= 4 is 5.71 Å². The Kier molecular flexibility index (Phi) is 4.41. The van der Waals surface area contributed by atoms with Crippen LogP contribution in [0.5, 0.6) is 0 Å². The Hall–Kier alpha value is -1.08. The molecular formula is C10H18N4. The van der Waals surface area contributed by atoms with Gasteiger partial charge in [-0.3, -0.25) is 0 Å². The molecule has 1 N–H and O–H groups in total. The van der Waals surface area contributed by atoms with Gasteiger partial charge in [0.15, 0.2) is 0 Å². The molecule has 0 aliphatic carbocycles. The van der Waals surface area contributed by atoms with Crippen LogP contribution in [0.4, 0.5) is 0 Å². The maximum absolute atomic E-state index is 8.46. The van der Waals surface area contributed by atoms with Crippen LogP contribution >= 0.6 is 0 Å². The van der Waals surface area contributed by atoms with Crippen molar-refractivity contribution in [3.05, 3.63) is 0 Å². The first kappa shape index (κ1) is 11.0. The molecule has 0 saturated carbocycles. The SMILES string of the molecule is C[C@@H](CC#N)NN=C1CCN(C)CC1. The Morgan fingerprint density at radius 2 is 2.21 bits per heavy atom. The molecule has 0 aromatic heterocycles. The van der Waals surface area contributed by atoms with E-state index in [1.165, 1.54) is 5.71 Å². The van der Waals surface area contributed by atoms with Crippen LogP contribution in [0.2, 0.25) is 0 Å². The van der Waals surface area contributed by atoms with Crippen molar-refractivity contribution in [2.24, 2.45) is 5.10 Å². The van der Waals surface area contributed by atoms with Gasteiger partial charge in [0.2, 0.25) is 0 Å². The van der Waals surface area contributed by atoms with Crippen LogP contribution in [0.3, 0.4) is 0 Å². The number of rotatable bonds is 3. The maximum Gasteiger partial charge on any atom is 0.0643 e. The minimum Gasteiger partial charge on any atom is -0.306 e. The fourth-order valence-corrected chi connectivity index (χ4v) is 1.37. The van der Waals surface area contributed by atoms with E-state index in [2.05, 4.69) is 28.5 Å². The molecule has 0 spiro atoms. The number of hydrogen-bond acceptors (Lipinski definition) is 4. The molecule has 1 rings (SSSR count). The fourth-order valence-electron chi connectivity index (χ4n) is 1.37. The number of hydrogen-bond donors (Lipinski definition) is 1. The molecule has 1 aliphatic rings. The van der Waals surface area contributed by atoms with E-state index in [9.17, 15) is 0 Å². The van der Waals surface area contributed by atoms with Crippen LogP contribution in [0.15, 0.2) is 5.10 Å². The zero-order chi connectivity index (χ0) is 10.4.